The molecule has 2 aromatic rings. The first kappa shape index (κ1) is 39.8. The maximum atomic E-state index is 12.5. The molecule has 1 fully saturated rings. The van der Waals surface area contributed by atoms with Crippen molar-refractivity contribution in [3.05, 3.63) is 106 Å². The number of nitrogens with zero attached hydrogens (tertiary/aromatic N) is 2. The zero-order chi connectivity index (χ0) is 34.4. The molecule has 5 rings (SSSR count). The third kappa shape index (κ3) is 7.78. The molecule has 3 heterocycles. The third-order valence-corrected chi connectivity index (χ3v) is 12.3. The number of allylic oxidation sites excluding steroid dienone is 8. The summed E-state index contributed by atoms with van der Waals surface area (Å²) in [4.78, 5) is 0. The molecular formula is C35H40Cl2KN2O6S2+. The minimum Gasteiger partial charge on any atom is -0.748 e. The van der Waals surface area contributed by atoms with Crippen LogP contribution < -0.4 is 55.9 Å². The van der Waals surface area contributed by atoms with Gasteiger partial charge < -0.3 is 9.11 Å². The van der Waals surface area contributed by atoms with Gasteiger partial charge in [-0.15, -0.1) is 0 Å². The van der Waals surface area contributed by atoms with Crippen LogP contribution in [0.25, 0.3) is 0 Å². The van der Waals surface area contributed by atoms with Gasteiger partial charge in [0.2, 0.25) is 5.69 Å². The third-order valence-electron chi connectivity index (χ3n) is 9.75. The monoisotopic (exact) mass is 757 g/mol. The molecule has 0 aliphatic carbocycles. The minimum atomic E-state index is -4.58. The van der Waals surface area contributed by atoms with E-state index < -0.39 is 36.8 Å². The second-order valence-electron chi connectivity index (χ2n) is 13.4. The predicted molar refractivity (Wildman–Crippen MR) is 187 cm³/mol. The van der Waals surface area contributed by atoms with E-state index in [4.69, 9.17) is 23.2 Å². The van der Waals surface area contributed by atoms with Crippen LogP contribution in [0, 0.1) is 0 Å². The van der Waals surface area contributed by atoms with Gasteiger partial charge in [-0.3, -0.25) is 0 Å². The fourth-order valence-corrected chi connectivity index (χ4v) is 9.81. The van der Waals surface area contributed by atoms with Crippen molar-refractivity contribution in [1.29, 1.82) is 0 Å². The molecule has 0 saturated carbocycles. The Bertz CT molecular complexity index is 1970. The molecule has 0 N–H and O–H groups in total. The smallest absolute Gasteiger partial charge is 0.748 e. The van der Waals surface area contributed by atoms with Gasteiger partial charge in [0.25, 0.3) is 0 Å². The van der Waals surface area contributed by atoms with Crippen molar-refractivity contribution >= 4 is 60.5 Å². The van der Waals surface area contributed by atoms with E-state index in [9.17, 15) is 25.9 Å². The van der Waals surface area contributed by atoms with Gasteiger partial charge in [0.05, 0.1) is 27.5 Å². The Balaban J connectivity index is 0.00000520. The van der Waals surface area contributed by atoms with Crippen molar-refractivity contribution in [2.75, 3.05) is 18.8 Å². The predicted octanol–water partition coefficient (Wildman–Crippen LogP) is 4.22. The van der Waals surface area contributed by atoms with E-state index >= 15 is 0 Å². The van der Waals surface area contributed by atoms with E-state index in [0.29, 0.717) is 42.4 Å². The van der Waals surface area contributed by atoms with Crippen LogP contribution in [-0.4, -0.2) is 60.4 Å². The second-order valence-corrected chi connectivity index (χ2v) is 17.4. The second kappa shape index (κ2) is 15.0. The van der Waals surface area contributed by atoms with Crippen molar-refractivity contribution in [3.63, 3.8) is 0 Å². The zero-order valence-corrected chi connectivity index (χ0v) is 34.2. The summed E-state index contributed by atoms with van der Waals surface area (Å²) in [5, 5.41) is 0.0962. The van der Waals surface area contributed by atoms with E-state index in [1.807, 2.05) is 86.7 Å². The molecule has 3 aliphatic heterocycles. The number of rotatable bonds is 10. The molecule has 13 heteroatoms. The van der Waals surface area contributed by atoms with Crippen LogP contribution in [0.1, 0.15) is 64.5 Å². The van der Waals surface area contributed by atoms with E-state index in [2.05, 4.69) is 18.4 Å². The molecule has 2 unspecified atom stereocenters. The van der Waals surface area contributed by atoms with E-state index in [1.165, 1.54) is 0 Å². The largest absolute Gasteiger partial charge is 1.00 e. The first-order valence-corrected chi connectivity index (χ1v) is 19.5. The fourth-order valence-electron chi connectivity index (χ4n) is 7.68. The number of hydrogen-bond acceptors (Lipinski definition) is 6. The molecule has 3 aliphatic rings. The average molecular weight is 759 g/mol. The Morgan fingerprint density at radius 1 is 0.875 bits per heavy atom. The van der Waals surface area contributed by atoms with Crippen molar-refractivity contribution in [2.24, 2.45) is 0 Å². The maximum absolute atomic E-state index is 12.5. The van der Waals surface area contributed by atoms with E-state index in [1.54, 1.807) is 6.07 Å². The van der Waals surface area contributed by atoms with Gasteiger partial charge in [-0.1, -0.05) is 53.6 Å². The van der Waals surface area contributed by atoms with E-state index in [0.717, 1.165) is 33.9 Å². The topological polar surface area (TPSA) is 117 Å². The quantitative estimate of drug-likeness (QED) is 0.0896. The first-order chi connectivity index (χ1) is 21.9. The van der Waals surface area contributed by atoms with Gasteiger partial charge in [0.15, 0.2) is 21.2 Å². The van der Waals surface area contributed by atoms with Crippen LogP contribution in [0.4, 0.5) is 11.4 Å². The maximum Gasteiger partial charge on any atom is 1.00 e. The van der Waals surface area contributed by atoms with Crippen molar-refractivity contribution in [2.45, 2.75) is 69.6 Å². The number of unbranched alkanes of at least 4 members (excludes halogenated alkanes) is 1. The molecule has 1 spiro atoms. The van der Waals surface area contributed by atoms with Gasteiger partial charge in [-0.05, 0) is 64.5 Å². The van der Waals surface area contributed by atoms with Crippen LogP contribution in [-0.2, 0) is 31.1 Å². The summed E-state index contributed by atoms with van der Waals surface area (Å²) >= 11 is 12.7. The standard InChI is InChI=1S/C35H40Cl2N2O6S2.K/c1-34(2)27-23-25(36)16-18-29(27)38(20-10-11-22-46(40,41)42)31(34)13-8-6-5-7-9-14-32-35(3,4)28-24-26(37)17-19-30(28)39(32)21-12-15-33(39)47(43,44)45;/h5-9,13-14,16-19,23-24,33H,10-12,15,20-22H2,1-4H3;/q;+1/b6-5+,9-7+,13-8+,32-14+;. The van der Waals surface area contributed by atoms with Gasteiger partial charge >= 0.3 is 51.4 Å². The summed E-state index contributed by atoms with van der Waals surface area (Å²) in [6, 6.07) is 11.2. The normalized spacial score (nSPS) is 24.0. The fraction of sp³-hybridized carbons (Fsp3) is 0.400. The first-order valence-electron chi connectivity index (χ1n) is 15.6. The molecule has 1 saturated heterocycles. The molecule has 48 heavy (non-hydrogen) atoms. The number of hydrogen-bond donors (Lipinski definition) is 0. The van der Waals surface area contributed by atoms with Gasteiger partial charge in [-0.25, -0.2) is 21.3 Å². The zero-order valence-electron chi connectivity index (χ0n) is 27.9. The number of fused-ring (bicyclic) bond motifs is 3. The number of halogens is 2. The van der Waals surface area contributed by atoms with Crippen molar-refractivity contribution in [1.82, 2.24) is 4.48 Å². The van der Waals surface area contributed by atoms with Crippen LogP contribution in [0.3, 0.4) is 0 Å². The van der Waals surface area contributed by atoms with E-state index in [-0.39, 0.29) is 67.7 Å². The molecule has 8 nitrogen and oxygen atoms in total. The molecule has 2 aromatic carbocycles. The molecule has 0 radical (unpaired) electrons. The summed E-state index contributed by atoms with van der Waals surface area (Å²) in [5.41, 5.74) is 4.75. The summed E-state index contributed by atoms with van der Waals surface area (Å²) in [5.74, 6) is -0.390. The van der Waals surface area contributed by atoms with Gasteiger partial charge in [0, 0.05) is 64.4 Å². The van der Waals surface area contributed by atoms with Crippen LogP contribution in [0.2, 0.25) is 10.0 Å². The van der Waals surface area contributed by atoms with Crippen LogP contribution in [0.15, 0.2) is 84.6 Å². The molecule has 2 atom stereocenters. The molecule has 252 valence electrons. The summed E-state index contributed by atoms with van der Waals surface area (Å²) in [6.07, 6.45) is 15.2. The van der Waals surface area contributed by atoms with Crippen molar-refractivity contribution < 1.29 is 81.9 Å². The average Bonchev–Trinajstić information content (AvgIpc) is 3.55. The van der Waals surface area contributed by atoms with Gasteiger partial charge in [-0.2, -0.15) is 4.58 Å². The Labute approximate surface area is 337 Å². The minimum absolute atomic E-state index is 0. The Morgan fingerprint density at radius 3 is 2.17 bits per heavy atom. The molecular weight excluding hydrogens is 719 g/mol. The molecule has 0 amide bonds. The van der Waals surface area contributed by atoms with Crippen molar-refractivity contribution in [3.8, 4) is 0 Å². The van der Waals surface area contributed by atoms with Crippen LogP contribution in [0.5, 0.6) is 0 Å². The number of benzene rings is 2. The number of quaternary nitrogens is 1. The Hall–Kier alpha value is -0.934. The summed E-state index contributed by atoms with van der Waals surface area (Å²) in [7, 11) is -8.85. The Kier molecular flexibility index (Phi) is 12.4. The molecule has 0 aromatic heterocycles. The molecule has 0 bridgehead atoms. The Morgan fingerprint density at radius 2 is 1.50 bits per heavy atom. The SMILES string of the molecule is CC1(C)C(/C=C/C=C/C=C/C=C2\C(C)(C)c3cc(Cl)ccc3[N+]23CCCC3S(=O)(=O)[O-])=[N+](CCCCS(=O)(=O)[O-])c2ccc(Cl)cc21.[K+]. The van der Waals surface area contributed by atoms with Gasteiger partial charge in [0.1, 0.15) is 17.9 Å². The van der Waals surface area contributed by atoms with Crippen LogP contribution >= 0.6 is 23.2 Å². The summed E-state index contributed by atoms with van der Waals surface area (Å²) in [6.45, 7) is 9.37. The summed E-state index contributed by atoms with van der Waals surface area (Å²) < 4.78 is 73.1.